The molecular formula is C20H21ClN4O2S. The highest BCUT2D eigenvalue weighted by Gasteiger charge is 2.18. The lowest BCUT2D eigenvalue weighted by molar-refractivity contribution is -0.113. The lowest BCUT2D eigenvalue weighted by Gasteiger charge is -2.15. The highest BCUT2D eigenvalue weighted by Crippen LogP contribution is 2.29. The third-order valence-electron chi connectivity index (χ3n) is 4.01. The molecule has 0 saturated heterocycles. The normalized spacial score (nSPS) is 11.9. The summed E-state index contributed by atoms with van der Waals surface area (Å²) in [6, 6.07) is 15.0. The maximum atomic E-state index is 12.2. The monoisotopic (exact) mass is 416 g/mol. The Balaban J connectivity index is 1.59. The first-order valence-electron chi connectivity index (χ1n) is 8.74. The van der Waals surface area contributed by atoms with Gasteiger partial charge in [0, 0.05) is 12.7 Å². The number of hydrogen-bond acceptors (Lipinski definition) is 5. The number of anilines is 1. The minimum absolute atomic E-state index is 0.0967. The van der Waals surface area contributed by atoms with Crippen LogP contribution < -0.4 is 10.1 Å². The van der Waals surface area contributed by atoms with Crippen LogP contribution in [0.25, 0.3) is 0 Å². The van der Waals surface area contributed by atoms with Gasteiger partial charge in [0.25, 0.3) is 0 Å². The van der Waals surface area contributed by atoms with E-state index in [-0.39, 0.29) is 17.8 Å². The van der Waals surface area contributed by atoms with Gasteiger partial charge in [-0.1, -0.05) is 47.6 Å². The van der Waals surface area contributed by atoms with E-state index in [9.17, 15) is 4.79 Å². The van der Waals surface area contributed by atoms with Gasteiger partial charge in [-0.05, 0) is 43.7 Å². The van der Waals surface area contributed by atoms with Gasteiger partial charge in [0.1, 0.15) is 5.75 Å². The van der Waals surface area contributed by atoms with E-state index in [0.29, 0.717) is 21.8 Å². The molecule has 6 nitrogen and oxygen atoms in total. The summed E-state index contributed by atoms with van der Waals surface area (Å²) >= 11 is 7.47. The van der Waals surface area contributed by atoms with Gasteiger partial charge < -0.3 is 14.6 Å². The largest absolute Gasteiger partial charge is 0.481 e. The Kier molecular flexibility index (Phi) is 6.59. The molecular weight excluding hydrogens is 396 g/mol. The fraction of sp³-hybridized carbons (Fsp3) is 0.250. The third kappa shape index (κ3) is 5.05. The molecule has 0 aliphatic rings. The summed E-state index contributed by atoms with van der Waals surface area (Å²) in [5, 5.41) is 12.5. The average Bonchev–Trinajstić information content (AvgIpc) is 3.02. The first kappa shape index (κ1) is 20.2. The summed E-state index contributed by atoms with van der Waals surface area (Å²) in [6.45, 7) is 3.86. The molecule has 8 heteroatoms. The molecule has 0 radical (unpaired) electrons. The smallest absolute Gasteiger partial charge is 0.234 e. The Hall–Kier alpha value is -2.51. The number of nitrogens with one attached hydrogen (secondary N) is 1. The van der Waals surface area contributed by atoms with E-state index in [2.05, 4.69) is 15.5 Å². The zero-order valence-corrected chi connectivity index (χ0v) is 17.4. The van der Waals surface area contributed by atoms with Gasteiger partial charge in [0.05, 0.1) is 10.8 Å². The zero-order chi connectivity index (χ0) is 20.1. The van der Waals surface area contributed by atoms with Crippen molar-refractivity contribution < 1.29 is 9.53 Å². The number of nitrogens with zero attached hydrogens (tertiary/aromatic N) is 3. The standard InChI is InChI=1S/C20H21ClN4O2S/c1-13-7-6-8-15(11-13)22-18(26)12-28-20-24-23-19(25(20)3)14(2)27-17-10-5-4-9-16(17)21/h4-11,14H,12H2,1-3H3,(H,22,26)/t14-/m1/s1. The Bertz CT molecular complexity index is 976. The van der Waals surface area contributed by atoms with Crippen LogP contribution in [-0.4, -0.2) is 26.4 Å². The van der Waals surface area contributed by atoms with Gasteiger partial charge in [-0.3, -0.25) is 4.79 Å². The van der Waals surface area contributed by atoms with Crippen LogP contribution in [-0.2, 0) is 11.8 Å². The number of hydrogen-bond donors (Lipinski definition) is 1. The number of benzene rings is 2. The predicted molar refractivity (Wildman–Crippen MR) is 112 cm³/mol. The number of rotatable bonds is 7. The second-order valence-corrected chi connectivity index (χ2v) is 7.65. The van der Waals surface area contributed by atoms with E-state index in [1.54, 1.807) is 12.1 Å². The van der Waals surface area contributed by atoms with Gasteiger partial charge in [0.2, 0.25) is 5.91 Å². The van der Waals surface area contributed by atoms with Crippen molar-refractivity contribution in [2.45, 2.75) is 25.1 Å². The number of amides is 1. The van der Waals surface area contributed by atoms with Gasteiger partial charge >= 0.3 is 0 Å². The SMILES string of the molecule is Cc1cccc(NC(=O)CSc2nnc([C@@H](C)Oc3ccccc3Cl)n2C)c1. The molecule has 0 spiro atoms. The van der Waals surface area contributed by atoms with Crippen LogP contribution in [0.4, 0.5) is 5.69 Å². The quantitative estimate of drug-likeness (QED) is 0.568. The molecule has 28 heavy (non-hydrogen) atoms. The second kappa shape index (κ2) is 9.12. The molecule has 2 aromatic carbocycles. The summed E-state index contributed by atoms with van der Waals surface area (Å²) < 4.78 is 7.72. The summed E-state index contributed by atoms with van der Waals surface area (Å²) in [6.07, 6.45) is -0.340. The average molecular weight is 417 g/mol. The minimum atomic E-state index is -0.340. The molecule has 1 heterocycles. The molecule has 0 bridgehead atoms. The molecule has 1 amide bonds. The Morgan fingerprint density at radius 3 is 2.79 bits per heavy atom. The number of carbonyl (C=O) groups excluding carboxylic acids is 1. The highest BCUT2D eigenvalue weighted by molar-refractivity contribution is 7.99. The molecule has 146 valence electrons. The van der Waals surface area contributed by atoms with Crippen LogP contribution in [0.1, 0.15) is 24.4 Å². The maximum absolute atomic E-state index is 12.2. The second-order valence-electron chi connectivity index (χ2n) is 6.30. The molecule has 3 rings (SSSR count). The lowest BCUT2D eigenvalue weighted by Crippen LogP contribution is -2.15. The van der Waals surface area contributed by atoms with E-state index in [1.807, 2.05) is 61.9 Å². The fourth-order valence-electron chi connectivity index (χ4n) is 2.64. The number of aromatic nitrogens is 3. The number of ether oxygens (including phenoxy) is 1. The topological polar surface area (TPSA) is 69.0 Å². The molecule has 0 saturated carbocycles. The summed E-state index contributed by atoms with van der Waals surface area (Å²) in [4.78, 5) is 12.2. The lowest BCUT2D eigenvalue weighted by atomic mass is 10.2. The van der Waals surface area contributed by atoms with Crippen molar-refractivity contribution in [1.82, 2.24) is 14.8 Å². The first-order chi connectivity index (χ1) is 13.4. The zero-order valence-electron chi connectivity index (χ0n) is 15.8. The van der Waals surface area contributed by atoms with Gasteiger partial charge in [-0.2, -0.15) is 0 Å². The van der Waals surface area contributed by atoms with Crippen molar-refractivity contribution in [3.63, 3.8) is 0 Å². The van der Waals surface area contributed by atoms with Crippen molar-refractivity contribution in [1.29, 1.82) is 0 Å². The number of halogens is 1. The van der Waals surface area contributed by atoms with E-state index in [4.69, 9.17) is 16.3 Å². The van der Waals surface area contributed by atoms with E-state index < -0.39 is 0 Å². The molecule has 3 aromatic rings. The summed E-state index contributed by atoms with van der Waals surface area (Å²) in [5.74, 6) is 1.38. The van der Waals surface area contributed by atoms with Gasteiger partial charge in [-0.15, -0.1) is 10.2 Å². The van der Waals surface area contributed by atoms with Crippen molar-refractivity contribution >= 4 is 35.0 Å². The van der Waals surface area contributed by atoms with Crippen molar-refractivity contribution in [2.24, 2.45) is 7.05 Å². The summed E-state index contributed by atoms with van der Waals surface area (Å²) in [5.41, 5.74) is 1.88. The number of thioether (sulfide) groups is 1. The van der Waals surface area contributed by atoms with Crippen LogP contribution in [0.5, 0.6) is 5.75 Å². The van der Waals surface area contributed by atoms with Crippen LogP contribution in [0.2, 0.25) is 5.02 Å². The van der Waals surface area contributed by atoms with Crippen LogP contribution in [0, 0.1) is 6.92 Å². The fourth-order valence-corrected chi connectivity index (χ4v) is 3.54. The van der Waals surface area contributed by atoms with Crippen LogP contribution >= 0.6 is 23.4 Å². The van der Waals surface area contributed by atoms with E-state index in [1.165, 1.54) is 11.8 Å². The third-order valence-corrected chi connectivity index (χ3v) is 5.34. The Labute approximate surface area is 173 Å². The minimum Gasteiger partial charge on any atom is -0.481 e. The number of aryl methyl sites for hydroxylation is 1. The molecule has 0 unspecified atom stereocenters. The van der Waals surface area contributed by atoms with Crippen LogP contribution in [0.15, 0.2) is 53.7 Å². The van der Waals surface area contributed by atoms with Crippen molar-refractivity contribution in [2.75, 3.05) is 11.1 Å². The molecule has 0 aliphatic heterocycles. The Morgan fingerprint density at radius 2 is 2.04 bits per heavy atom. The summed E-state index contributed by atoms with van der Waals surface area (Å²) in [7, 11) is 1.85. The van der Waals surface area contributed by atoms with E-state index >= 15 is 0 Å². The Morgan fingerprint density at radius 1 is 1.25 bits per heavy atom. The predicted octanol–water partition coefficient (Wildman–Crippen LogP) is 4.65. The maximum Gasteiger partial charge on any atom is 0.234 e. The molecule has 0 fully saturated rings. The number of para-hydroxylation sites is 1. The van der Waals surface area contributed by atoms with Crippen molar-refractivity contribution in [3.05, 3.63) is 64.9 Å². The molecule has 0 aliphatic carbocycles. The van der Waals surface area contributed by atoms with Crippen molar-refractivity contribution in [3.8, 4) is 5.75 Å². The van der Waals surface area contributed by atoms with Crippen LogP contribution in [0.3, 0.4) is 0 Å². The molecule has 1 atom stereocenters. The first-order valence-corrected chi connectivity index (χ1v) is 10.1. The molecule has 1 N–H and O–H groups in total. The van der Waals surface area contributed by atoms with Gasteiger partial charge in [-0.25, -0.2) is 0 Å². The van der Waals surface area contributed by atoms with E-state index in [0.717, 1.165) is 11.3 Å². The number of carbonyl (C=O) groups is 1. The highest BCUT2D eigenvalue weighted by atomic mass is 35.5. The molecule has 1 aromatic heterocycles. The van der Waals surface area contributed by atoms with Gasteiger partial charge in [0.15, 0.2) is 17.1 Å².